The smallest absolute Gasteiger partial charge is 0.355 e. The van der Waals surface area contributed by atoms with Crippen LogP contribution in [0.4, 0.5) is 5.69 Å². The van der Waals surface area contributed by atoms with Crippen LogP contribution in [0, 0.1) is 0 Å². The van der Waals surface area contributed by atoms with Gasteiger partial charge in [0.2, 0.25) is 5.91 Å². The Morgan fingerprint density at radius 3 is 2.82 bits per heavy atom. The van der Waals surface area contributed by atoms with Crippen LogP contribution in [0.3, 0.4) is 0 Å². The van der Waals surface area contributed by atoms with Gasteiger partial charge in [-0.15, -0.1) is 11.3 Å². The van der Waals surface area contributed by atoms with Crippen LogP contribution < -0.4 is 5.32 Å². The van der Waals surface area contributed by atoms with Crippen molar-refractivity contribution in [1.82, 2.24) is 9.88 Å². The fourth-order valence-corrected chi connectivity index (χ4v) is 4.93. The number of rotatable bonds is 10. The summed E-state index contributed by atoms with van der Waals surface area (Å²) in [6, 6.07) is 8.11. The maximum absolute atomic E-state index is 12.2. The fraction of sp³-hybridized carbons (Fsp3) is 0.421. The molecule has 1 aromatic carbocycles. The summed E-state index contributed by atoms with van der Waals surface area (Å²) in [5, 5.41) is 22.8. The van der Waals surface area contributed by atoms with E-state index in [1.54, 1.807) is 0 Å². The van der Waals surface area contributed by atoms with E-state index in [0.29, 0.717) is 36.0 Å². The molecular formula is C19H23N3O4S2. The molecule has 1 unspecified atom stereocenters. The second kappa shape index (κ2) is 9.90. The highest BCUT2D eigenvalue weighted by molar-refractivity contribution is 8.01. The first-order valence-corrected chi connectivity index (χ1v) is 11.0. The lowest BCUT2D eigenvalue weighted by molar-refractivity contribution is -0.128. The van der Waals surface area contributed by atoms with Gasteiger partial charge in [0.05, 0.1) is 0 Å². The summed E-state index contributed by atoms with van der Waals surface area (Å²) >= 11 is 2.79. The summed E-state index contributed by atoms with van der Waals surface area (Å²) < 4.78 is 0.710. The summed E-state index contributed by atoms with van der Waals surface area (Å²) in [6.07, 6.45) is 2.04. The number of carboxylic acids is 1. The molecule has 0 radical (unpaired) electrons. The summed E-state index contributed by atoms with van der Waals surface area (Å²) in [5.41, 5.74) is 2.16. The van der Waals surface area contributed by atoms with Gasteiger partial charge in [0.1, 0.15) is 0 Å². The third-order valence-corrected chi connectivity index (χ3v) is 6.61. The minimum Gasteiger partial charge on any atom is -0.476 e. The number of carboxylic acid groups (broad SMARTS) is 1. The number of amides is 1. The minimum atomic E-state index is -1.02. The van der Waals surface area contributed by atoms with Crippen LogP contribution in [0.15, 0.2) is 34.0 Å². The first kappa shape index (κ1) is 20.6. The van der Waals surface area contributed by atoms with Crippen LogP contribution in [-0.2, 0) is 11.2 Å². The van der Waals surface area contributed by atoms with Crippen molar-refractivity contribution >= 4 is 40.7 Å². The van der Waals surface area contributed by atoms with E-state index in [1.165, 1.54) is 28.5 Å². The molecule has 3 rings (SSSR count). The van der Waals surface area contributed by atoms with Crippen LogP contribution in [0.2, 0.25) is 0 Å². The predicted octanol–water partition coefficient (Wildman–Crippen LogP) is 2.57. The van der Waals surface area contributed by atoms with E-state index in [0.717, 1.165) is 17.7 Å². The van der Waals surface area contributed by atoms with Crippen molar-refractivity contribution in [2.75, 3.05) is 30.8 Å². The van der Waals surface area contributed by atoms with Crippen molar-refractivity contribution in [1.29, 1.82) is 0 Å². The van der Waals surface area contributed by atoms with E-state index in [4.69, 9.17) is 10.2 Å². The Hall–Kier alpha value is -2.10. The van der Waals surface area contributed by atoms with Gasteiger partial charge in [0, 0.05) is 49.0 Å². The maximum Gasteiger partial charge on any atom is 0.355 e. The number of likely N-dealkylation sites (tertiary alicyclic amines) is 1. The van der Waals surface area contributed by atoms with Gasteiger partial charge in [-0.3, -0.25) is 4.79 Å². The highest BCUT2D eigenvalue weighted by Crippen LogP contribution is 2.25. The molecule has 2 aromatic rings. The second-order valence-electron chi connectivity index (χ2n) is 6.48. The van der Waals surface area contributed by atoms with Crippen LogP contribution >= 0.6 is 23.1 Å². The standard InChI is InChI=1S/C19H23N3O4S2/c23-9-7-13-1-3-14(4-2-13)20-11-15-5-6-17(24)22(15)8-10-27-19-21-16(12-28-19)18(25)26/h1-4,12,15,20,23H,5-11H2,(H,25,26). The predicted molar refractivity (Wildman–Crippen MR) is 110 cm³/mol. The number of aromatic nitrogens is 1. The molecule has 1 aromatic heterocycles. The quantitative estimate of drug-likeness (QED) is 0.507. The molecule has 0 spiro atoms. The Labute approximate surface area is 171 Å². The van der Waals surface area contributed by atoms with Crippen LogP contribution in [0.1, 0.15) is 28.9 Å². The van der Waals surface area contributed by atoms with Crippen LogP contribution in [-0.4, -0.2) is 63.5 Å². The van der Waals surface area contributed by atoms with Gasteiger partial charge >= 0.3 is 5.97 Å². The zero-order valence-corrected chi connectivity index (χ0v) is 17.0. The third kappa shape index (κ3) is 5.46. The summed E-state index contributed by atoms with van der Waals surface area (Å²) in [7, 11) is 0. The number of aliphatic hydroxyl groups excluding tert-OH is 1. The average Bonchev–Trinajstić information content (AvgIpc) is 3.29. The van der Waals surface area contributed by atoms with Crippen molar-refractivity contribution in [2.24, 2.45) is 0 Å². The molecular weight excluding hydrogens is 398 g/mol. The van der Waals surface area contributed by atoms with Crippen molar-refractivity contribution in [3.8, 4) is 0 Å². The Kier molecular flexibility index (Phi) is 7.30. The molecule has 1 atom stereocenters. The highest BCUT2D eigenvalue weighted by atomic mass is 32.2. The molecule has 150 valence electrons. The molecule has 0 bridgehead atoms. The van der Waals surface area contributed by atoms with Gasteiger partial charge in [0.15, 0.2) is 10.0 Å². The first-order chi connectivity index (χ1) is 13.6. The number of benzene rings is 1. The Morgan fingerprint density at radius 2 is 2.14 bits per heavy atom. The molecule has 2 heterocycles. The molecule has 28 heavy (non-hydrogen) atoms. The number of carbonyl (C=O) groups is 2. The number of nitrogens with one attached hydrogen (secondary N) is 1. The van der Waals surface area contributed by atoms with Gasteiger partial charge in [0.25, 0.3) is 0 Å². The lowest BCUT2D eigenvalue weighted by atomic mass is 10.1. The van der Waals surface area contributed by atoms with Crippen molar-refractivity contribution in [3.63, 3.8) is 0 Å². The zero-order valence-electron chi connectivity index (χ0n) is 15.3. The van der Waals surface area contributed by atoms with Crippen LogP contribution in [0.5, 0.6) is 0 Å². The molecule has 1 aliphatic rings. The fourth-order valence-electron chi connectivity index (χ4n) is 3.12. The number of anilines is 1. The Balaban J connectivity index is 1.47. The van der Waals surface area contributed by atoms with E-state index in [9.17, 15) is 9.59 Å². The molecule has 1 amide bonds. The Bertz CT molecular complexity index is 810. The summed E-state index contributed by atoms with van der Waals surface area (Å²) in [5.74, 6) is -0.172. The lowest BCUT2D eigenvalue weighted by Crippen LogP contribution is -2.39. The molecule has 0 saturated carbocycles. The van der Waals surface area contributed by atoms with E-state index < -0.39 is 5.97 Å². The number of hydrogen-bond acceptors (Lipinski definition) is 7. The molecule has 3 N–H and O–H groups in total. The summed E-state index contributed by atoms with van der Waals surface area (Å²) in [4.78, 5) is 29.1. The number of thiazole rings is 1. The van der Waals surface area contributed by atoms with Gasteiger partial charge in [-0.25, -0.2) is 9.78 Å². The second-order valence-corrected chi connectivity index (χ2v) is 8.68. The van der Waals surface area contributed by atoms with E-state index in [1.807, 2.05) is 29.2 Å². The van der Waals surface area contributed by atoms with E-state index >= 15 is 0 Å². The number of hydrogen-bond donors (Lipinski definition) is 3. The molecule has 1 fully saturated rings. The lowest BCUT2D eigenvalue weighted by Gasteiger charge is -2.25. The molecule has 7 nitrogen and oxygen atoms in total. The van der Waals surface area contributed by atoms with Crippen molar-refractivity contribution in [3.05, 3.63) is 40.9 Å². The van der Waals surface area contributed by atoms with Gasteiger partial charge in [-0.05, 0) is 30.5 Å². The van der Waals surface area contributed by atoms with Crippen molar-refractivity contribution < 1.29 is 19.8 Å². The highest BCUT2D eigenvalue weighted by Gasteiger charge is 2.30. The van der Waals surface area contributed by atoms with Crippen molar-refractivity contribution in [2.45, 2.75) is 29.6 Å². The molecule has 9 heteroatoms. The van der Waals surface area contributed by atoms with Gasteiger partial charge in [-0.2, -0.15) is 0 Å². The number of aliphatic hydroxyl groups is 1. The number of thioether (sulfide) groups is 1. The first-order valence-electron chi connectivity index (χ1n) is 9.11. The van der Waals surface area contributed by atoms with Gasteiger partial charge < -0.3 is 20.4 Å². The van der Waals surface area contributed by atoms with E-state index in [-0.39, 0.29) is 24.2 Å². The Morgan fingerprint density at radius 1 is 1.36 bits per heavy atom. The largest absolute Gasteiger partial charge is 0.476 e. The minimum absolute atomic E-state index is 0.0665. The number of carbonyl (C=O) groups excluding carboxylic acids is 1. The number of nitrogens with zero attached hydrogens (tertiary/aromatic N) is 2. The maximum atomic E-state index is 12.2. The van der Waals surface area contributed by atoms with Gasteiger partial charge in [-0.1, -0.05) is 23.9 Å². The average molecular weight is 422 g/mol. The third-order valence-electron chi connectivity index (χ3n) is 4.61. The number of aromatic carboxylic acids is 1. The summed E-state index contributed by atoms with van der Waals surface area (Å²) in [6.45, 7) is 1.45. The molecule has 1 aliphatic heterocycles. The van der Waals surface area contributed by atoms with Crippen LogP contribution in [0.25, 0.3) is 0 Å². The monoisotopic (exact) mass is 421 g/mol. The topological polar surface area (TPSA) is 103 Å². The molecule has 1 saturated heterocycles. The SMILES string of the molecule is O=C(O)c1csc(SCCN2C(=O)CCC2CNc2ccc(CCO)cc2)n1. The van der Waals surface area contributed by atoms with E-state index in [2.05, 4.69) is 10.3 Å². The zero-order chi connectivity index (χ0) is 19.9. The molecule has 0 aliphatic carbocycles. The normalized spacial score (nSPS) is 16.5.